The summed E-state index contributed by atoms with van der Waals surface area (Å²) < 4.78 is 29.5. The second-order valence-electron chi connectivity index (χ2n) is 7.41. The molecule has 3 aromatic rings. The lowest BCUT2D eigenvalue weighted by molar-refractivity contribution is 0.0689. The van der Waals surface area contributed by atoms with E-state index in [4.69, 9.17) is 0 Å². The first-order valence-corrected chi connectivity index (χ1v) is 11.3. The fourth-order valence-corrected chi connectivity index (χ4v) is 4.77. The first-order chi connectivity index (χ1) is 14.4. The standard InChI is InChI=1S/C21H23N5O3S/c1-16-3-2-4-20(15-16)30(28,29)23-18-7-5-17(6-8-18)21(27)25-12-9-19(10-13-25)26-14-11-22-24-26/h2-8,11,14-15,19,23H,9-10,12-13H2,1H3. The van der Waals surface area contributed by atoms with E-state index < -0.39 is 10.0 Å². The molecule has 0 atom stereocenters. The van der Waals surface area contributed by atoms with Gasteiger partial charge in [-0.2, -0.15) is 0 Å². The first kappa shape index (κ1) is 20.1. The van der Waals surface area contributed by atoms with Gasteiger partial charge in [0.25, 0.3) is 15.9 Å². The number of hydrogen-bond acceptors (Lipinski definition) is 5. The zero-order valence-electron chi connectivity index (χ0n) is 16.6. The maximum atomic E-state index is 12.8. The molecule has 0 saturated carbocycles. The number of sulfonamides is 1. The average Bonchev–Trinajstić information content (AvgIpc) is 3.29. The van der Waals surface area contributed by atoms with Gasteiger partial charge in [-0.05, 0) is 61.7 Å². The summed E-state index contributed by atoms with van der Waals surface area (Å²) in [5.41, 5.74) is 1.82. The molecule has 1 amide bonds. The van der Waals surface area contributed by atoms with Crippen LogP contribution < -0.4 is 4.72 Å². The number of nitrogens with one attached hydrogen (secondary N) is 1. The number of benzene rings is 2. The first-order valence-electron chi connectivity index (χ1n) is 9.77. The van der Waals surface area contributed by atoms with Gasteiger partial charge in [0.1, 0.15) is 0 Å². The summed E-state index contributed by atoms with van der Waals surface area (Å²) in [5.74, 6) is -0.0554. The fourth-order valence-electron chi connectivity index (χ4n) is 3.61. The van der Waals surface area contributed by atoms with Crippen LogP contribution in [0.5, 0.6) is 0 Å². The monoisotopic (exact) mass is 425 g/mol. The molecule has 8 nitrogen and oxygen atoms in total. The number of rotatable bonds is 5. The van der Waals surface area contributed by atoms with Crippen molar-refractivity contribution in [1.82, 2.24) is 19.9 Å². The van der Waals surface area contributed by atoms with Gasteiger partial charge in [0, 0.05) is 30.5 Å². The van der Waals surface area contributed by atoms with E-state index in [0.717, 1.165) is 18.4 Å². The van der Waals surface area contributed by atoms with Crippen molar-refractivity contribution in [2.24, 2.45) is 0 Å². The zero-order valence-corrected chi connectivity index (χ0v) is 17.4. The second kappa shape index (κ2) is 8.27. The smallest absolute Gasteiger partial charge is 0.261 e. The van der Waals surface area contributed by atoms with Crippen molar-refractivity contribution in [3.05, 3.63) is 72.1 Å². The van der Waals surface area contributed by atoms with Crippen molar-refractivity contribution in [2.75, 3.05) is 17.8 Å². The van der Waals surface area contributed by atoms with E-state index in [1.807, 2.05) is 28.8 Å². The van der Waals surface area contributed by atoms with E-state index in [-0.39, 0.29) is 16.8 Å². The number of hydrogen-bond donors (Lipinski definition) is 1. The topological polar surface area (TPSA) is 97.2 Å². The molecular formula is C21H23N5O3S. The van der Waals surface area contributed by atoms with Gasteiger partial charge in [-0.25, -0.2) is 13.1 Å². The van der Waals surface area contributed by atoms with Crippen LogP contribution in [0, 0.1) is 6.92 Å². The van der Waals surface area contributed by atoms with Crippen LogP contribution >= 0.6 is 0 Å². The Morgan fingerprint density at radius 3 is 2.47 bits per heavy atom. The quantitative estimate of drug-likeness (QED) is 0.678. The molecule has 1 fully saturated rings. The maximum absolute atomic E-state index is 12.8. The van der Waals surface area contributed by atoms with Crippen LogP contribution in [0.2, 0.25) is 0 Å². The van der Waals surface area contributed by atoms with Crippen LogP contribution in [0.3, 0.4) is 0 Å². The highest BCUT2D eigenvalue weighted by atomic mass is 32.2. The average molecular weight is 426 g/mol. The van der Waals surface area contributed by atoms with Gasteiger partial charge in [-0.15, -0.1) is 5.10 Å². The van der Waals surface area contributed by atoms with Crippen molar-refractivity contribution in [3.8, 4) is 0 Å². The van der Waals surface area contributed by atoms with Crippen LogP contribution in [0.1, 0.15) is 34.8 Å². The third-order valence-electron chi connectivity index (χ3n) is 5.25. The molecule has 9 heteroatoms. The van der Waals surface area contributed by atoms with Gasteiger partial charge < -0.3 is 4.90 Å². The summed E-state index contributed by atoms with van der Waals surface area (Å²) in [6.45, 7) is 3.13. The number of carbonyl (C=O) groups is 1. The molecule has 1 N–H and O–H groups in total. The molecule has 0 radical (unpaired) electrons. The Labute approximate surface area is 175 Å². The number of carbonyl (C=O) groups excluding carboxylic acids is 1. The van der Waals surface area contributed by atoms with Crippen molar-refractivity contribution < 1.29 is 13.2 Å². The highest BCUT2D eigenvalue weighted by Crippen LogP contribution is 2.23. The van der Waals surface area contributed by atoms with Crippen LogP contribution in [-0.2, 0) is 10.0 Å². The molecule has 2 heterocycles. The summed E-state index contributed by atoms with van der Waals surface area (Å²) in [4.78, 5) is 14.8. The Hall–Kier alpha value is -3.20. The van der Waals surface area contributed by atoms with Crippen molar-refractivity contribution >= 4 is 21.6 Å². The fraction of sp³-hybridized carbons (Fsp3) is 0.286. The number of nitrogens with zero attached hydrogens (tertiary/aromatic N) is 4. The molecule has 1 aliphatic heterocycles. The van der Waals surface area contributed by atoms with Crippen molar-refractivity contribution in [1.29, 1.82) is 0 Å². The molecule has 1 saturated heterocycles. The van der Waals surface area contributed by atoms with E-state index in [1.165, 1.54) is 0 Å². The molecule has 156 valence electrons. The second-order valence-corrected chi connectivity index (χ2v) is 9.09. The molecule has 30 heavy (non-hydrogen) atoms. The minimum atomic E-state index is -3.68. The molecule has 0 aliphatic carbocycles. The maximum Gasteiger partial charge on any atom is 0.261 e. The molecule has 0 bridgehead atoms. The number of likely N-dealkylation sites (tertiary alicyclic amines) is 1. The van der Waals surface area contributed by atoms with E-state index >= 15 is 0 Å². The zero-order chi connectivity index (χ0) is 21.1. The van der Waals surface area contributed by atoms with Gasteiger partial charge in [0.2, 0.25) is 0 Å². The molecule has 0 unspecified atom stereocenters. The van der Waals surface area contributed by atoms with E-state index in [1.54, 1.807) is 48.7 Å². The lowest BCUT2D eigenvalue weighted by Crippen LogP contribution is -2.39. The molecule has 1 aromatic heterocycles. The summed E-state index contributed by atoms with van der Waals surface area (Å²) in [7, 11) is -3.68. The third-order valence-corrected chi connectivity index (χ3v) is 6.63. The Morgan fingerprint density at radius 2 is 1.83 bits per heavy atom. The van der Waals surface area contributed by atoms with Gasteiger partial charge in [0.15, 0.2) is 0 Å². The Kier molecular flexibility index (Phi) is 5.54. The number of aryl methyl sites for hydroxylation is 1. The highest BCUT2D eigenvalue weighted by molar-refractivity contribution is 7.92. The molecule has 2 aromatic carbocycles. The molecule has 0 spiro atoms. The SMILES string of the molecule is Cc1cccc(S(=O)(=O)Nc2ccc(C(=O)N3CCC(n4ccnn4)CC3)cc2)c1. The van der Waals surface area contributed by atoms with Crippen molar-refractivity contribution in [3.63, 3.8) is 0 Å². The number of aromatic nitrogens is 3. The molecule has 1 aliphatic rings. The van der Waals surface area contributed by atoms with Gasteiger partial charge in [-0.1, -0.05) is 17.3 Å². The largest absolute Gasteiger partial charge is 0.338 e. The van der Waals surface area contributed by atoms with Gasteiger partial charge in [-0.3, -0.25) is 9.52 Å². The predicted octanol–water partition coefficient (Wildman–Crippen LogP) is 2.86. The minimum absolute atomic E-state index is 0.0554. The van der Waals surface area contributed by atoms with E-state index in [2.05, 4.69) is 15.0 Å². The minimum Gasteiger partial charge on any atom is -0.338 e. The van der Waals surface area contributed by atoms with Crippen molar-refractivity contribution in [2.45, 2.75) is 30.7 Å². The number of anilines is 1. The van der Waals surface area contributed by atoms with Gasteiger partial charge >= 0.3 is 0 Å². The van der Waals surface area contributed by atoms with Crippen LogP contribution in [-0.4, -0.2) is 47.3 Å². The van der Waals surface area contributed by atoms with E-state index in [9.17, 15) is 13.2 Å². The molecule has 4 rings (SSSR count). The summed E-state index contributed by atoms with van der Waals surface area (Å²) in [6, 6.07) is 13.5. The number of piperidine rings is 1. The summed E-state index contributed by atoms with van der Waals surface area (Å²) in [6.07, 6.45) is 5.15. The highest BCUT2D eigenvalue weighted by Gasteiger charge is 2.25. The Bertz CT molecular complexity index is 1120. The van der Waals surface area contributed by atoms with Crippen LogP contribution in [0.4, 0.5) is 5.69 Å². The normalized spacial score (nSPS) is 15.2. The van der Waals surface area contributed by atoms with E-state index in [0.29, 0.717) is 24.3 Å². The third kappa shape index (κ3) is 4.35. The Morgan fingerprint density at radius 1 is 1.10 bits per heavy atom. The lowest BCUT2D eigenvalue weighted by Gasteiger charge is -2.31. The van der Waals surface area contributed by atoms with Gasteiger partial charge in [0.05, 0.1) is 17.1 Å². The van der Waals surface area contributed by atoms with Crippen LogP contribution in [0.25, 0.3) is 0 Å². The lowest BCUT2D eigenvalue weighted by atomic mass is 10.0. The summed E-state index contributed by atoms with van der Waals surface area (Å²) in [5, 5.41) is 7.88. The predicted molar refractivity (Wildman–Crippen MR) is 113 cm³/mol. The van der Waals surface area contributed by atoms with Crippen LogP contribution in [0.15, 0.2) is 65.8 Å². The summed E-state index contributed by atoms with van der Waals surface area (Å²) >= 11 is 0. The molecular weight excluding hydrogens is 402 g/mol. The Balaban J connectivity index is 1.39. The number of amides is 1.